The van der Waals surface area contributed by atoms with Crippen LogP contribution in [0.3, 0.4) is 0 Å². The standard InChI is InChI=1S/C21H22BrF2NO5/c22-21-8-12-5-13(9-21)7-20(6-12,11-21)18(28)29-10-16(26)25-17(27)14-1-3-15(4-2-14)30-19(23)24/h1-4,12-13,19H,5-11H2,(H,25,26,27). The van der Waals surface area contributed by atoms with Gasteiger partial charge in [-0.1, -0.05) is 15.9 Å². The first-order chi connectivity index (χ1) is 14.2. The molecule has 0 radical (unpaired) electrons. The van der Waals surface area contributed by atoms with Gasteiger partial charge >= 0.3 is 12.6 Å². The Bertz CT molecular complexity index is 845. The minimum Gasteiger partial charge on any atom is -0.455 e. The first kappa shape index (κ1) is 21.2. The van der Waals surface area contributed by atoms with E-state index in [1.54, 1.807) is 0 Å². The van der Waals surface area contributed by atoms with Crippen molar-refractivity contribution in [1.82, 2.24) is 5.32 Å². The van der Waals surface area contributed by atoms with Crippen molar-refractivity contribution in [2.45, 2.75) is 49.5 Å². The molecule has 0 saturated heterocycles. The largest absolute Gasteiger partial charge is 0.455 e. The summed E-state index contributed by atoms with van der Waals surface area (Å²) in [6, 6.07) is 4.93. The van der Waals surface area contributed by atoms with Crippen molar-refractivity contribution in [1.29, 1.82) is 0 Å². The van der Waals surface area contributed by atoms with Crippen molar-refractivity contribution < 1.29 is 32.6 Å². The Morgan fingerprint density at radius 3 is 2.30 bits per heavy atom. The molecule has 4 aliphatic rings. The highest BCUT2D eigenvalue weighted by Gasteiger charge is 2.60. The van der Waals surface area contributed by atoms with E-state index in [1.807, 2.05) is 0 Å². The molecule has 1 aromatic carbocycles. The van der Waals surface area contributed by atoms with Gasteiger partial charge in [0.1, 0.15) is 5.75 Å². The minimum atomic E-state index is -2.96. The Hall–Kier alpha value is -2.03. The molecule has 30 heavy (non-hydrogen) atoms. The van der Waals surface area contributed by atoms with E-state index in [1.165, 1.54) is 24.3 Å². The van der Waals surface area contributed by atoms with Gasteiger partial charge in [-0.05, 0) is 74.6 Å². The molecular weight excluding hydrogens is 464 g/mol. The zero-order chi connectivity index (χ0) is 21.5. The van der Waals surface area contributed by atoms with Gasteiger partial charge in [0, 0.05) is 9.89 Å². The lowest BCUT2D eigenvalue weighted by atomic mass is 9.49. The molecule has 4 fully saturated rings. The average Bonchev–Trinajstić information content (AvgIpc) is 2.64. The summed E-state index contributed by atoms with van der Waals surface area (Å²) in [5.74, 6) is -0.900. The highest BCUT2D eigenvalue weighted by atomic mass is 79.9. The number of benzene rings is 1. The fraction of sp³-hybridized carbons (Fsp3) is 0.571. The molecule has 1 aromatic rings. The van der Waals surface area contributed by atoms with E-state index in [0.29, 0.717) is 11.8 Å². The van der Waals surface area contributed by atoms with E-state index >= 15 is 0 Å². The monoisotopic (exact) mass is 485 g/mol. The number of hydrogen-bond acceptors (Lipinski definition) is 5. The summed E-state index contributed by atoms with van der Waals surface area (Å²) >= 11 is 3.84. The number of ether oxygens (including phenoxy) is 2. The molecule has 162 valence electrons. The molecule has 4 saturated carbocycles. The molecule has 5 rings (SSSR count). The number of carbonyl (C=O) groups excluding carboxylic acids is 3. The van der Waals surface area contributed by atoms with E-state index in [9.17, 15) is 23.2 Å². The molecule has 6 nitrogen and oxygen atoms in total. The molecule has 0 spiro atoms. The number of imide groups is 1. The van der Waals surface area contributed by atoms with Crippen LogP contribution >= 0.6 is 15.9 Å². The summed E-state index contributed by atoms with van der Waals surface area (Å²) in [4.78, 5) is 37.1. The van der Waals surface area contributed by atoms with Crippen molar-refractivity contribution in [3.05, 3.63) is 29.8 Å². The quantitative estimate of drug-likeness (QED) is 0.489. The highest BCUT2D eigenvalue weighted by Crippen LogP contribution is 2.64. The van der Waals surface area contributed by atoms with Crippen LogP contribution in [0.1, 0.15) is 48.9 Å². The first-order valence-electron chi connectivity index (χ1n) is 9.92. The summed E-state index contributed by atoms with van der Waals surface area (Å²) in [5.41, 5.74) is -0.447. The van der Waals surface area contributed by atoms with Gasteiger partial charge in [-0.25, -0.2) is 0 Å². The van der Waals surface area contributed by atoms with E-state index in [4.69, 9.17) is 4.74 Å². The van der Waals surface area contributed by atoms with E-state index in [2.05, 4.69) is 26.0 Å². The van der Waals surface area contributed by atoms with E-state index < -0.39 is 30.4 Å². The third-order valence-corrected chi connectivity index (χ3v) is 7.28. The smallest absolute Gasteiger partial charge is 0.387 e. The Labute approximate surface area is 180 Å². The maximum absolute atomic E-state index is 12.8. The zero-order valence-corrected chi connectivity index (χ0v) is 17.8. The van der Waals surface area contributed by atoms with Crippen LogP contribution in [-0.2, 0) is 14.3 Å². The molecular formula is C21H22BrF2NO5. The number of alkyl halides is 3. The first-order valence-corrected chi connectivity index (χ1v) is 10.7. The summed E-state index contributed by atoms with van der Waals surface area (Å²) in [6.45, 7) is -3.50. The molecule has 4 bridgehead atoms. The summed E-state index contributed by atoms with van der Waals surface area (Å²) in [5, 5.41) is 2.14. The lowest BCUT2D eigenvalue weighted by molar-refractivity contribution is -0.171. The number of esters is 1. The fourth-order valence-corrected chi connectivity index (χ4v) is 7.15. The molecule has 9 heteroatoms. The van der Waals surface area contributed by atoms with Gasteiger partial charge in [-0.2, -0.15) is 8.78 Å². The number of carbonyl (C=O) groups is 3. The topological polar surface area (TPSA) is 81.7 Å². The maximum atomic E-state index is 12.8. The van der Waals surface area contributed by atoms with E-state index in [-0.39, 0.29) is 21.6 Å². The maximum Gasteiger partial charge on any atom is 0.387 e. The lowest BCUT2D eigenvalue weighted by Crippen LogP contribution is -2.56. The molecule has 0 heterocycles. The van der Waals surface area contributed by atoms with Crippen molar-refractivity contribution >= 4 is 33.7 Å². The number of amides is 2. The highest BCUT2D eigenvalue weighted by molar-refractivity contribution is 9.10. The van der Waals surface area contributed by atoms with Crippen molar-refractivity contribution in [3.63, 3.8) is 0 Å². The Balaban J connectivity index is 1.29. The van der Waals surface area contributed by atoms with Crippen LogP contribution in [0.4, 0.5) is 8.78 Å². The lowest BCUT2D eigenvalue weighted by Gasteiger charge is -2.58. The van der Waals surface area contributed by atoms with Crippen molar-refractivity contribution in [2.24, 2.45) is 17.3 Å². The second-order valence-corrected chi connectivity index (χ2v) is 10.4. The Kier molecular flexibility index (Phi) is 5.59. The molecule has 0 aromatic heterocycles. The number of rotatable bonds is 6. The Morgan fingerprint density at radius 2 is 1.73 bits per heavy atom. The predicted molar refractivity (Wildman–Crippen MR) is 105 cm³/mol. The third-order valence-electron chi connectivity index (χ3n) is 6.35. The van der Waals surface area contributed by atoms with Crippen LogP contribution < -0.4 is 10.1 Å². The average molecular weight is 486 g/mol. The number of halogens is 3. The third kappa shape index (κ3) is 4.36. The molecule has 0 aliphatic heterocycles. The molecule has 1 N–H and O–H groups in total. The minimum absolute atomic E-state index is 0.00543. The SMILES string of the molecule is O=C(COC(=O)C12CC3CC(CC(Br)(C3)C1)C2)NC(=O)c1ccc(OC(F)F)cc1. The number of hydrogen-bond donors (Lipinski definition) is 1. The van der Waals surface area contributed by atoms with Crippen LogP contribution in [0.15, 0.2) is 24.3 Å². The van der Waals surface area contributed by atoms with Crippen LogP contribution in [0.2, 0.25) is 0 Å². The van der Waals surface area contributed by atoms with Gasteiger partial charge in [0.15, 0.2) is 6.61 Å². The van der Waals surface area contributed by atoms with Gasteiger partial charge in [0.25, 0.3) is 11.8 Å². The van der Waals surface area contributed by atoms with E-state index in [0.717, 1.165) is 38.5 Å². The molecule has 2 atom stereocenters. The van der Waals surface area contributed by atoms with Gasteiger partial charge in [0.05, 0.1) is 5.41 Å². The van der Waals surface area contributed by atoms with Gasteiger partial charge in [0.2, 0.25) is 0 Å². The number of nitrogens with one attached hydrogen (secondary N) is 1. The zero-order valence-electron chi connectivity index (χ0n) is 16.2. The van der Waals surface area contributed by atoms with Gasteiger partial charge in [-0.15, -0.1) is 0 Å². The van der Waals surface area contributed by atoms with Crippen LogP contribution in [-0.4, -0.2) is 35.3 Å². The van der Waals surface area contributed by atoms with Crippen LogP contribution in [0.25, 0.3) is 0 Å². The van der Waals surface area contributed by atoms with Crippen molar-refractivity contribution in [3.8, 4) is 5.75 Å². The van der Waals surface area contributed by atoms with Crippen LogP contribution in [0.5, 0.6) is 5.75 Å². The summed E-state index contributed by atoms with van der Waals surface area (Å²) < 4.78 is 33.8. The van der Waals surface area contributed by atoms with Gasteiger partial charge in [-0.3, -0.25) is 19.7 Å². The second-order valence-electron chi connectivity index (χ2n) is 8.75. The normalized spacial score (nSPS) is 31.5. The summed E-state index contributed by atoms with van der Waals surface area (Å²) in [7, 11) is 0. The summed E-state index contributed by atoms with van der Waals surface area (Å²) in [6.07, 6.45) is 5.62. The van der Waals surface area contributed by atoms with Gasteiger partial charge < -0.3 is 9.47 Å². The molecule has 2 amide bonds. The Morgan fingerprint density at radius 1 is 1.10 bits per heavy atom. The molecule has 4 aliphatic carbocycles. The van der Waals surface area contributed by atoms with Crippen LogP contribution in [0, 0.1) is 17.3 Å². The van der Waals surface area contributed by atoms with Crippen molar-refractivity contribution in [2.75, 3.05) is 6.61 Å². The predicted octanol–water partition coefficient (Wildman–Crippen LogP) is 3.82. The molecule has 2 unspecified atom stereocenters. The second kappa shape index (κ2) is 7.90. The fourth-order valence-electron chi connectivity index (χ4n) is 5.70.